The van der Waals surface area contributed by atoms with E-state index in [2.05, 4.69) is 57.5 Å². The summed E-state index contributed by atoms with van der Waals surface area (Å²) in [5.74, 6) is -0.752. The Kier molecular flexibility index (Phi) is 6.29. The van der Waals surface area contributed by atoms with E-state index in [1.54, 1.807) is 17.5 Å². The molecule has 30 heavy (non-hydrogen) atoms. The molecule has 0 spiro atoms. The minimum absolute atomic E-state index is 0.183. The van der Waals surface area contributed by atoms with Gasteiger partial charge in [0.15, 0.2) is 0 Å². The molecule has 4 rings (SSSR count). The number of carbonyl (C=O) groups is 1. The second kappa shape index (κ2) is 9.10. The summed E-state index contributed by atoms with van der Waals surface area (Å²) in [6.45, 7) is 2.13. The van der Waals surface area contributed by atoms with Crippen molar-refractivity contribution in [1.29, 1.82) is 0 Å². The van der Waals surface area contributed by atoms with Crippen LogP contribution in [0.5, 0.6) is 0 Å². The fourth-order valence-corrected chi connectivity index (χ4v) is 4.88. The first-order valence-electron chi connectivity index (χ1n) is 9.98. The lowest BCUT2D eigenvalue weighted by molar-refractivity contribution is -0.137. The summed E-state index contributed by atoms with van der Waals surface area (Å²) in [5, 5.41) is 16.1. The van der Waals surface area contributed by atoms with Crippen LogP contribution in [0.4, 0.5) is 0 Å². The van der Waals surface area contributed by atoms with Crippen molar-refractivity contribution in [3.63, 3.8) is 0 Å². The van der Waals surface area contributed by atoms with Crippen LogP contribution in [0.3, 0.4) is 0 Å². The summed E-state index contributed by atoms with van der Waals surface area (Å²) in [6.07, 6.45) is 6.93. The van der Waals surface area contributed by atoms with Gasteiger partial charge in [-0.3, -0.25) is 9.78 Å². The van der Waals surface area contributed by atoms with Crippen LogP contribution in [0.2, 0.25) is 0 Å². The van der Waals surface area contributed by atoms with E-state index in [9.17, 15) is 4.79 Å². The van der Waals surface area contributed by atoms with Gasteiger partial charge in [0.05, 0.1) is 10.4 Å². The number of hydrogen-bond donors (Lipinski definition) is 1. The Labute approximate surface area is 187 Å². The van der Waals surface area contributed by atoms with Crippen molar-refractivity contribution in [1.82, 2.24) is 14.6 Å². The van der Waals surface area contributed by atoms with E-state index < -0.39 is 5.97 Å². The fraction of sp³-hybridized carbons (Fsp3) is 0.261. The molecule has 154 valence electrons. The number of aryl methyl sites for hydroxylation is 1. The largest absolute Gasteiger partial charge is 0.481 e. The van der Waals surface area contributed by atoms with Crippen molar-refractivity contribution in [2.75, 3.05) is 0 Å². The van der Waals surface area contributed by atoms with Crippen LogP contribution in [0, 0.1) is 0 Å². The average molecular weight is 484 g/mol. The highest BCUT2D eigenvalue weighted by Gasteiger charge is 2.20. The lowest BCUT2D eigenvalue weighted by Gasteiger charge is -2.17. The fourth-order valence-electron chi connectivity index (χ4n) is 3.78. The molecule has 0 aromatic carbocycles. The number of hydrogen-bond acceptors (Lipinski definition) is 4. The number of fused-ring (bicyclic) bond motifs is 1. The zero-order chi connectivity index (χ0) is 21.1. The number of carboxylic acid groups (broad SMARTS) is 1. The van der Waals surface area contributed by atoms with E-state index >= 15 is 0 Å². The molecular formula is C23H22BrN3O2S. The summed E-state index contributed by atoms with van der Waals surface area (Å²) in [7, 11) is 0. The predicted octanol–water partition coefficient (Wildman–Crippen LogP) is 6.25. The monoisotopic (exact) mass is 483 g/mol. The third-order valence-corrected chi connectivity index (χ3v) is 6.47. The predicted molar refractivity (Wildman–Crippen MR) is 124 cm³/mol. The lowest BCUT2D eigenvalue weighted by atomic mass is 9.94. The number of pyridine rings is 1. The number of aromatic nitrogens is 3. The summed E-state index contributed by atoms with van der Waals surface area (Å²) < 4.78 is 2.97. The Hall–Kier alpha value is -2.51. The Morgan fingerprint density at radius 2 is 2.10 bits per heavy atom. The molecule has 0 unspecified atom stereocenters. The molecule has 0 saturated carbocycles. The molecule has 4 heterocycles. The molecular weight excluding hydrogens is 462 g/mol. The van der Waals surface area contributed by atoms with Crippen molar-refractivity contribution in [2.45, 2.75) is 39.0 Å². The van der Waals surface area contributed by atoms with Gasteiger partial charge in [0, 0.05) is 40.1 Å². The maximum atomic E-state index is 11.0. The first kappa shape index (κ1) is 20.8. The summed E-state index contributed by atoms with van der Waals surface area (Å²) in [5.41, 5.74) is 6.48. The first-order valence-corrected chi connectivity index (χ1v) is 11.7. The van der Waals surface area contributed by atoms with E-state index in [1.165, 1.54) is 0 Å². The minimum atomic E-state index is -0.752. The molecule has 0 fully saturated rings. The van der Waals surface area contributed by atoms with Gasteiger partial charge in [-0.25, -0.2) is 4.52 Å². The van der Waals surface area contributed by atoms with E-state index in [-0.39, 0.29) is 6.42 Å². The SMILES string of the molecule is CCc1ccc2c(-c3cncc(Br)c3)c(CCCCC(=O)O)c(-c3cccs3)nn12. The molecule has 0 atom stereocenters. The molecule has 1 N–H and O–H groups in total. The number of unbranched alkanes of at least 4 members (excludes halogenated alkanes) is 1. The summed E-state index contributed by atoms with van der Waals surface area (Å²) >= 11 is 5.23. The number of aliphatic carboxylic acids is 1. The number of halogens is 1. The van der Waals surface area contributed by atoms with Gasteiger partial charge in [-0.2, -0.15) is 5.10 Å². The van der Waals surface area contributed by atoms with Crippen molar-refractivity contribution in [3.8, 4) is 21.7 Å². The number of thiophene rings is 1. The molecule has 0 radical (unpaired) electrons. The van der Waals surface area contributed by atoms with Crippen LogP contribution < -0.4 is 0 Å². The quantitative estimate of drug-likeness (QED) is 0.301. The maximum absolute atomic E-state index is 11.0. The number of nitrogens with zero attached hydrogens (tertiary/aromatic N) is 3. The van der Waals surface area contributed by atoms with Crippen LogP contribution in [0.25, 0.3) is 27.2 Å². The van der Waals surface area contributed by atoms with Gasteiger partial charge in [0.25, 0.3) is 0 Å². The molecule has 7 heteroatoms. The molecule has 0 amide bonds. The highest BCUT2D eigenvalue weighted by Crippen LogP contribution is 2.38. The van der Waals surface area contributed by atoms with Gasteiger partial charge in [0.1, 0.15) is 5.69 Å². The Morgan fingerprint density at radius 3 is 2.80 bits per heavy atom. The number of carboxylic acids is 1. The Bertz CT molecular complexity index is 1180. The van der Waals surface area contributed by atoms with Gasteiger partial charge in [-0.15, -0.1) is 11.3 Å². The van der Waals surface area contributed by atoms with Crippen molar-refractivity contribution < 1.29 is 9.90 Å². The van der Waals surface area contributed by atoms with Crippen LogP contribution in [-0.2, 0) is 17.6 Å². The standard InChI is InChI=1S/C23H22BrN3O2S/c1-2-17-9-10-19-22(15-12-16(24)14-25-13-15)18(6-3-4-8-21(28)29)23(26-27(17)19)20-7-5-11-30-20/h5,7,9-14H,2-4,6,8H2,1H3,(H,28,29). The Morgan fingerprint density at radius 1 is 1.23 bits per heavy atom. The molecule has 0 bridgehead atoms. The van der Waals surface area contributed by atoms with Gasteiger partial charge < -0.3 is 5.11 Å². The zero-order valence-corrected chi connectivity index (χ0v) is 19.0. The second-order valence-corrected chi connectivity index (χ2v) is 9.01. The van der Waals surface area contributed by atoms with E-state index in [1.807, 2.05) is 16.8 Å². The van der Waals surface area contributed by atoms with Crippen LogP contribution >= 0.6 is 27.3 Å². The van der Waals surface area contributed by atoms with Gasteiger partial charge >= 0.3 is 5.97 Å². The average Bonchev–Trinajstić information content (AvgIpc) is 3.39. The maximum Gasteiger partial charge on any atom is 0.303 e. The third-order valence-electron chi connectivity index (χ3n) is 5.16. The zero-order valence-electron chi connectivity index (χ0n) is 16.6. The lowest BCUT2D eigenvalue weighted by Crippen LogP contribution is -2.06. The van der Waals surface area contributed by atoms with Crippen LogP contribution in [-0.4, -0.2) is 25.7 Å². The van der Waals surface area contributed by atoms with Crippen molar-refractivity contribution >= 4 is 38.8 Å². The Balaban J connectivity index is 1.95. The topological polar surface area (TPSA) is 67.5 Å². The molecule has 0 aliphatic heterocycles. The molecule has 4 aromatic heterocycles. The van der Waals surface area contributed by atoms with Crippen LogP contribution in [0.15, 0.2) is 52.6 Å². The first-order chi connectivity index (χ1) is 14.6. The molecule has 0 aliphatic rings. The summed E-state index contributed by atoms with van der Waals surface area (Å²) in [6, 6.07) is 10.5. The van der Waals surface area contributed by atoms with E-state index in [4.69, 9.17) is 10.2 Å². The van der Waals surface area contributed by atoms with E-state index in [0.29, 0.717) is 6.42 Å². The van der Waals surface area contributed by atoms with Gasteiger partial charge in [-0.1, -0.05) is 13.0 Å². The van der Waals surface area contributed by atoms with Crippen molar-refractivity contribution in [2.24, 2.45) is 0 Å². The minimum Gasteiger partial charge on any atom is -0.481 e. The van der Waals surface area contributed by atoms with Crippen LogP contribution in [0.1, 0.15) is 37.4 Å². The van der Waals surface area contributed by atoms with E-state index in [0.717, 1.165) is 62.2 Å². The number of rotatable bonds is 8. The molecule has 4 aromatic rings. The highest BCUT2D eigenvalue weighted by molar-refractivity contribution is 9.10. The van der Waals surface area contributed by atoms with Gasteiger partial charge in [-0.05, 0) is 76.8 Å². The third kappa shape index (κ3) is 4.18. The van der Waals surface area contributed by atoms with Crippen molar-refractivity contribution in [3.05, 3.63) is 63.8 Å². The summed E-state index contributed by atoms with van der Waals surface area (Å²) in [4.78, 5) is 16.5. The normalized spacial score (nSPS) is 11.3. The molecule has 0 saturated heterocycles. The second-order valence-electron chi connectivity index (χ2n) is 7.15. The smallest absolute Gasteiger partial charge is 0.303 e. The molecule has 5 nitrogen and oxygen atoms in total. The van der Waals surface area contributed by atoms with Gasteiger partial charge in [0.2, 0.25) is 0 Å². The molecule has 0 aliphatic carbocycles. The highest BCUT2D eigenvalue weighted by atomic mass is 79.9.